The molecular weight excluding hydrogens is 393 g/mol. The van der Waals surface area contributed by atoms with Gasteiger partial charge in [0.15, 0.2) is 0 Å². The second kappa shape index (κ2) is 9.63. The summed E-state index contributed by atoms with van der Waals surface area (Å²) in [4.78, 5) is 17.1. The highest BCUT2D eigenvalue weighted by Gasteiger charge is 2.21. The van der Waals surface area contributed by atoms with Gasteiger partial charge in [0.25, 0.3) is 5.91 Å². The molecule has 0 fully saturated rings. The molecule has 1 unspecified atom stereocenters. The van der Waals surface area contributed by atoms with E-state index in [0.717, 1.165) is 5.56 Å². The van der Waals surface area contributed by atoms with Crippen molar-refractivity contribution in [3.8, 4) is 11.8 Å². The van der Waals surface area contributed by atoms with E-state index in [9.17, 15) is 9.18 Å². The average Bonchev–Trinajstić information content (AvgIpc) is 3.22. The largest absolute Gasteiger partial charge is 0.345 e. The highest BCUT2D eigenvalue weighted by Crippen LogP contribution is 2.25. The fourth-order valence-corrected chi connectivity index (χ4v) is 3.34. The van der Waals surface area contributed by atoms with Crippen LogP contribution in [-0.2, 0) is 4.79 Å². The highest BCUT2D eigenvalue weighted by atomic mass is 19.1. The lowest BCUT2D eigenvalue weighted by molar-refractivity contribution is -0.116. The fourth-order valence-electron chi connectivity index (χ4n) is 3.34. The molecule has 0 aliphatic rings. The van der Waals surface area contributed by atoms with Gasteiger partial charge >= 0.3 is 0 Å². The smallest absolute Gasteiger partial charge is 0.252 e. The van der Waals surface area contributed by atoms with E-state index in [1.165, 1.54) is 12.1 Å². The Hall–Kier alpha value is -4.05. The molecule has 0 aliphatic heterocycles. The van der Waals surface area contributed by atoms with Crippen molar-refractivity contribution in [3.63, 3.8) is 0 Å². The molecule has 0 spiro atoms. The number of amides is 1. The van der Waals surface area contributed by atoms with Gasteiger partial charge in [-0.2, -0.15) is 10.4 Å². The Morgan fingerprint density at radius 3 is 2.71 bits per heavy atom. The van der Waals surface area contributed by atoms with Gasteiger partial charge in [0.2, 0.25) is 0 Å². The Kier molecular flexibility index (Phi) is 6.73. The summed E-state index contributed by atoms with van der Waals surface area (Å²) in [6.07, 6.45) is 7.12. The minimum atomic E-state index is -0.342. The fraction of sp³-hybridized carbons (Fsp3) is 0.167. The van der Waals surface area contributed by atoms with Gasteiger partial charge in [-0.1, -0.05) is 19.6 Å². The number of rotatable bonds is 7. The van der Waals surface area contributed by atoms with Gasteiger partial charge in [0.05, 0.1) is 23.6 Å². The first kappa shape index (κ1) is 21.7. The van der Waals surface area contributed by atoms with E-state index in [2.05, 4.69) is 22.0 Å². The van der Waals surface area contributed by atoms with Crippen LogP contribution >= 0.6 is 0 Å². The van der Waals surface area contributed by atoms with Crippen molar-refractivity contribution in [1.82, 2.24) is 20.1 Å². The zero-order valence-corrected chi connectivity index (χ0v) is 17.3. The zero-order chi connectivity index (χ0) is 22.4. The number of carbonyl (C=O) groups excluding carboxylic acids is 1. The van der Waals surface area contributed by atoms with Crippen molar-refractivity contribution in [3.05, 3.63) is 89.8 Å². The number of allylic oxidation sites excluding steroid dienone is 1. The summed E-state index contributed by atoms with van der Waals surface area (Å²) in [5.74, 6) is -0.613. The van der Waals surface area contributed by atoms with Gasteiger partial charge in [-0.25, -0.2) is 14.1 Å². The van der Waals surface area contributed by atoms with Crippen LogP contribution in [0.1, 0.15) is 48.8 Å². The van der Waals surface area contributed by atoms with Crippen LogP contribution < -0.4 is 5.32 Å². The second-order valence-corrected chi connectivity index (χ2v) is 6.76. The maximum Gasteiger partial charge on any atom is 0.252 e. The second-order valence-electron chi connectivity index (χ2n) is 6.76. The lowest BCUT2D eigenvalue weighted by atomic mass is 10.0. The average molecular weight is 415 g/mol. The van der Waals surface area contributed by atoms with Crippen LogP contribution in [0.4, 0.5) is 4.39 Å². The summed E-state index contributed by atoms with van der Waals surface area (Å²) in [7, 11) is 0. The molecule has 31 heavy (non-hydrogen) atoms. The number of halogens is 1. The van der Waals surface area contributed by atoms with Gasteiger partial charge < -0.3 is 5.32 Å². The monoisotopic (exact) mass is 415 g/mol. The van der Waals surface area contributed by atoms with Crippen LogP contribution in [0, 0.1) is 17.1 Å². The molecule has 156 valence electrons. The van der Waals surface area contributed by atoms with Gasteiger partial charge in [-0.15, -0.1) is 0 Å². The maximum atomic E-state index is 13.3. The van der Waals surface area contributed by atoms with Gasteiger partial charge in [-0.05, 0) is 61.4 Å². The molecule has 1 amide bonds. The lowest BCUT2D eigenvalue weighted by Crippen LogP contribution is -2.29. The Morgan fingerprint density at radius 2 is 2.10 bits per heavy atom. The van der Waals surface area contributed by atoms with Gasteiger partial charge in [-0.3, -0.25) is 4.79 Å². The molecule has 1 atom stereocenters. The quantitative estimate of drug-likeness (QED) is 0.572. The molecule has 0 radical (unpaired) electrons. The summed E-state index contributed by atoms with van der Waals surface area (Å²) in [5.41, 5.74) is 3.44. The van der Waals surface area contributed by atoms with Crippen LogP contribution in [0.2, 0.25) is 0 Å². The number of nitrogens with zero attached hydrogens (tertiary/aromatic N) is 4. The molecule has 0 saturated carbocycles. The van der Waals surface area contributed by atoms with E-state index >= 15 is 0 Å². The summed E-state index contributed by atoms with van der Waals surface area (Å²) >= 11 is 0. The molecule has 3 rings (SSSR count). The lowest BCUT2D eigenvalue weighted by Gasteiger charge is -2.19. The molecule has 7 heteroatoms. The molecule has 0 aliphatic carbocycles. The highest BCUT2D eigenvalue weighted by molar-refractivity contribution is 6.20. The van der Waals surface area contributed by atoms with Crippen LogP contribution in [0.3, 0.4) is 0 Å². The van der Waals surface area contributed by atoms with Crippen molar-refractivity contribution in [2.75, 3.05) is 0 Å². The van der Waals surface area contributed by atoms with Crippen molar-refractivity contribution in [1.29, 1.82) is 5.26 Å². The molecule has 2 heterocycles. The summed E-state index contributed by atoms with van der Waals surface area (Å²) in [6, 6.07) is 11.1. The number of hydrogen-bond acceptors (Lipinski definition) is 4. The predicted octanol–water partition coefficient (Wildman–Crippen LogP) is 4.59. The van der Waals surface area contributed by atoms with E-state index in [1.807, 2.05) is 13.0 Å². The third kappa shape index (κ3) is 4.59. The van der Waals surface area contributed by atoms with E-state index < -0.39 is 0 Å². The Balaban J connectivity index is 1.91. The minimum absolute atomic E-state index is 0.272. The summed E-state index contributed by atoms with van der Waals surface area (Å²) < 4.78 is 14.9. The van der Waals surface area contributed by atoms with E-state index in [4.69, 9.17) is 5.26 Å². The number of nitrogens with one attached hydrogen (secondary N) is 1. The Morgan fingerprint density at radius 1 is 1.35 bits per heavy atom. The number of carbonyl (C=O) groups is 1. The first-order chi connectivity index (χ1) is 15.0. The SMILES string of the molecule is C=Cc1c(/C(=C\C)C(=O)NC(CC)c2ccnc(C#N)c2)cnn1-c1ccc(F)cc1. The topological polar surface area (TPSA) is 83.6 Å². The normalized spacial score (nSPS) is 12.1. The van der Waals surface area contributed by atoms with Crippen LogP contribution in [-0.4, -0.2) is 20.7 Å². The van der Waals surface area contributed by atoms with Crippen molar-refractivity contribution >= 4 is 17.6 Å². The van der Waals surface area contributed by atoms with E-state index in [-0.39, 0.29) is 17.8 Å². The summed E-state index contributed by atoms with van der Waals surface area (Å²) in [6.45, 7) is 7.58. The first-order valence-corrected chi connectivity index (χ1v) is 9.82. The van der Waals surface area contributed by atoms with E-state index in [0.29, 0.717) is 34.6 Å². The van der Waals surface area contributed by atoms with Gasteiger partial charge in [0, 0.05) is 17.3 Å². The molecule has 3 aromatic rings. The molecule has 2 aromatic heterocycles. The maximum absolute atomic E-state index is 13.3. The number of benzene rings is 1. The van der Waals surface area contributed by atoms with Gasteiger partial charge in [0.1, 0.15) is 17.6 Å². The van der Waals surface area contributed by atoms with Crippen molar-refractivity contribution < 1.29 is 9.18 Å². The minimum Gasteiger partial charge on any atom is -0.345 e. The van der Waals surface area contributed by atoms with Crippen molar-refractivity contribution in [2.24, 2.45) is 0 Å². The number of pyridine rings is 1. The molecular formula is C24H22FN5O. The Bertz CT molecular complexity index is 1170. The molecule has 1 N–H and O–H groups in total. The molecule has 1 aromatic carbocycles. The Labute approximate surface area is 180 Å². The zero-order valence-electron chi connectivity index (χ0n) is 17.3. The first-order valence-electron chi connectivity index (χ1n) is 9.82. The van der Waals surface area contributed by atoms with Crippen LogP contribution in [0.25, 0.3) is 17.3 Å². The predicted molar refractivity (Wildman–Crippen MR) is 117 cm³/mol. The third-order valence-corrected chi connectivity index (χ3v) is 4.91. The number of nitriles is 1. The standard InChI is InChI=1S/C24H22FN5O/c1-4-20(24(31)29-22(5-2)16-11-12-27-18(13-16)14-26)21-15-28-30(23(21)6-3)19-9-7-17(25)8-10-19/h4,6-13,15,22H,3,5H2,1-2H3,(H,29,31)/b20-4+. The van der Waals surface area contributed by atoms with E-state index in [1.54, 1.807) is 60.4 Å². The van der Waals surface area contributed by atoms with Crippen LogP contribution in [0.15, 0.2) is 61.4 Å². The molecule has 6 nitrogen and oxygen atoms in total. The number of hydrogen-bond donors (Lipinski definition) is 1. The summed E-state index contributed by atoms with van der Waals surface area (Å²) in [5, 5.41) is 16.5. The molecule has 0 saturated heterocycles. The van der Waals surface area contributed by atoms with Crippen LogP contribution in [0.5, 0.6) is 0 Å². The number of aromatic nitrogens is 3. The van der Waals surface area contributed by atoms with Crippen molar-refractivity contribution in [2.45, 2.75) is 26.3 Å². The molecule has 0 bridgehead atoms. The third-order valence-electron chi connectivity index (χ3n) is 4.91.